The van der Waals surface area contributed by atoms with Gasteiger partial charge in [0, 0.05) is 0 Å². The van der Waals surface area contributed by atoms with Gasteiger partial charge in [0.05, 0.1) is 0 Å². The highest BCUT2D eigenvalue weighted by molar-refractivity contribution is 5.71. The summed E-state index contributed by atoms with van der Waals surface area (Å²) >= 11 is 0. The van der Waals surface area contributed by atoms with Gasteiger partial charge in [-0.1, -0.05) is 113 Å². The molecule has 0 spiro atoms. The molecule has 178 valence electrons. The predicted octanol–water partition coefficient (Wildman–Crippen LogP) is 10.6. The Labute approximate surface area is 203 Å². The van der Waals surface area contributed by atoms with Gasteiger partial charge in [0.1, 0.15) is 0 Å². The van der Waals surface area contributed by atoms with Crippen LogP contribution in [0.5, 0.6) is 0 Å². The van der Waals surface area contributed by atoms with Crippen molar-refractivity contribution in [3.05, 3.63) is 65.7 Å². The van der Waals surface area contributed by atoms with Crippen LogP contribution in [0.3, 0.4) is 0 Å². The molecule has 2 aliphatic carbocycles. The molecule has 0 N–H and O–H groups in total. The summed E-state index contributed by atoms with van der Waals surface area (Å²) < 4.78 is 0. The number of hydrogen-bond acceptors (Lipinski definition) is 0. The van der Waals surface area contributed by atoms with E-state index in [2.05, 4.69) is 68.5 Å². The fourth-order valence-electron chi connectivity index (χ4n) is 6.29. The third-order valence-corrected chi connectivity index (χ3v) is 8.50. The number of benzene rings is 2. The molecule has 0 aliphatic heterocycles. The second-order valence-electron chi connectivity index (χ2n) is 10.9. The molecule has 0 amide bonds. The van der Waals surface area contributed by atoms with E-state index < -0.39 is 0 Å². The SMILES string of the molecule is CCCCCCC1CC=C(c2ccc(-c3ccc([C@H]4CC[C@H](CCC)CC4)cc3)cc2)CC1. The van der Waals surface area contributed by atoms with Crippen LogP contribution in [-0.2, 0) is 0 Å². The van der Waals surface area contributed by atoms with E-state index in [1.54, 1.807) is 11.1 Å². The fourth-order valence-corrected chi connectivity index (χ4v) is 6.29. The van der Waals surface area contributed by atoms with Crippen LogP contribution < -0.4 is 0 Å². The quantitative estimate of drug-likeness (QED) is 0.321. The minimum Gasteiger partial charge on any atom is -0.0804 e. The summed E-state index contributed by atoms with van der Waals surface area (Å²) in [5, 5.41) is 0. The lowest BCUT2D eigenvalue weighted by Gasteiger charge is -2.28. The maximum atomic E-state index is 2.53. The summed E-state index contributed by atoms with van der Waals surface area (Å²) in [6.07, 6.45) is 21.9. The van der Waals surface area contributed by atoms with Crippen molar-refractivity contribution in [3.63, 3.8) is 0 Å². The van der Waals surface area contributed by atoms with E-state index in [1.165, 1.54) is 107 Å². The molecule has 1 unspecified atom stereocenters. The van der Waals surface area contributed by atoms with Crippen molar-refractivity contribution in [2.24, 2.45) is 11.8 Å². The molecule has 4 rings (SSSR count). The van der Waals surface area contributed by atoms with Crippen molar-refractivity contribution in [1.82, 2.24) is 0 Å². The van der Waals surface area contributed by atoms with Crippen LogP contribution in [0, 0.1) is 11.8 Å². The van der Waals surface area contributed by atoms with Gasteiger partial charge in [-0.25, -0.2) is 0 Å². The summed E-state index contributed by atoms with van der Waals surface area (Å²) in [4.78, 5) is 0. The van der Waals surface area contributed by atoms with E-state index in [-0.39, 0.29) is 0 Å². The van der Waals surface area contributed by atoms with Crippen LogP contribution in [0.1, 0.15) is 121 Å². The molecule has 1 atom stereocenters. The average Bonchev–Trinajstić information content (AvgIpc) is 2.88. The predicted molar refractivity (Wildman–Crippen MR) is 146 cm³/mol. The molecular formula is C33H46. The Balaban J connectivity index is 1.30. The second-order valence-corrected chi connectivity index (χ2v) is 10.9. The van der Waals surface area contributed by atoms with Crippen molar-refractivity contribution in [2.75, 3.05) is 0 Å². The third-order valence-electron chi connectivity index (χ3n) is 8.50. The summed E-state index contributed by atoms with van der Waals surface area (Å²) in [6.45, 7) is 4.63. The largest absolute Gasteiger partial charge is 0.0804 e. The Bertz CT molecular complexity index is 846. The zero-order chi connectivity index (χ0) is 22.9. The van der Waals surface area contributed by atoms with E-state index in [9.17, 15) is 0 Å². The first-order valence-electron chi connectivity index (χ1n) is 14.2. The van der Waals surface area contributed by atoms with Gasteiger partial charge in [-0.3, -0.25) is 0 Å². The third kappa shape index (κ3) is 6.84. The van der Waals surface area contributed by atoms with E-state index in [0.717, 1.165) is 17.8 Å². The molecule has 1 saturated carbocycles. The number of allylic oxidation sites excluding steroid dienone is 2. The highest BCUT2D eigenvalue weighted by Gasteiger charge is 2.21. The van der Waals surface area contributed by atoms with Crippen LogP contribution in [-0.4, -0.2) is 0 Å². The minimum absolute atomic E-state index is 0.781. The fraction of sp³-hybridized carbons (Fsp3) is 0.576. The molecule has 2 aromatic carbocycles. The van der Waals surface area contributed by atoms with Gasteiger partial charge in [-0.2, -0.15) is 0 Å². The van der Waals surface area contributed by atoms with Gasteiger partial charge < -0.3 is 0 Å². The maximum Gasteiger partial charge on any atom is -0.0162 e. The molecule has 0 nitrogen and oxygen atoms in total. The first-order chi connectivity index (χ1) is 16.3. The molecule has 0 bridgehead atoms. The number of hydrogen-bond donors (Lipinski definition) is 0. The Morgan fingerprint density at radius 3 is 1.88 bits per heavy atom. The topological polar surface area (TPSA) is 0 Å². The molecule has 2 aromatic rings. The summed E-state index contributed by atoms with van der Waals surface area (Å²) in [6, 6.07) is 18.9. The molecule has 2 aliphatic rings. The van der Waals surface area contributed by atoms with Crippen LogP contribution in [0.2, 0.25) is 0 Å². The minimum atomic E-state index is 0.781. The van der Waals surface area contributed by atoms with Gasteiger partial charge in [-0.05, 0) is 90.5 Å². The van der Waals surface area contributed by atoms with E-state index in [0.29, 0.717) is 0 Å². The van der Waals surface area contributed by atoms with Crippen LogP contribution in [0.4, 0.5) is 0 Å². The standard InChI is InChI=1S/C33H46/c1-3-5-6-7-9-27-12-16-29(17-13-27)31-20-24-33(25-21-31)32-22-18-30(19-23-32)28-14-10-26(8-4-2)11-15-28/h16,18-28H,3-15,17H2,1-2H3/t26-,27?,28-. The lowest BCUT2D eigenvalue weighted by molar-refractivity contribution is 0.308. The molecular weight excluding hydrogens is 396 g/mol. The zero-order valence-corrected chi connectivity index (χ0v) is 21.3. The van der Waals surface area contributed by atoms with E-state index in [1.807, 2.05) is 0 Å². The second kappa shape index (κ2) is 12.6. The molecule has 0 heterocycles. The first-order valence-corrected chi connectivity index (χ1v) is 14.2. The lowest BCUT2D eigenvalue weighted by atomic mass is 9.77. The van der Waals surface area contributed by atoms with Gasteiger partial charge in [-0.15, -0.1) is 0 Å². The Morgan fingerprint density at radius 2 is 1.27 bits per heavy atom. The van der Waals surface area contributed by atoms with Gasteiger partial charge in [0.15, 0.2) is 0 Å². The van der Waals surface area contributed by atoms with E-state index >= 15 is 0 Å². The normalized spacial score (nSPS) is 23.3. The van der Waals surface area contributed by atoms with Crippen molar-refractivity contribution in [1.29, 1.82) is 0 Å². The summed E-state index contributed by atoms with van der Waals surface area (Å²) in [5.41, 5.74) is 7.27. The Morgan fingerprint density at radius 1 is 0.606 bits per heavy atom. The summed E-state index contributed by atoms with van der Waals surface area (Å²) in [5.74, 6) is 2.69. The van der Waals surface area contributed by atoms with Crippen molar-refractivity contribution >= 4 is 5.57 Å². The lowest BCUT2D eigenvalue weighted by Crippen LogP contribution is -2.13. The van der Waals surface area contributed by atoms with Gasteiger partial charge in [0.25, 0.3) is 0 Å². The van der Waals surface area contributed by atoms with Gasteiger partial charge >= 0.3 is 0 Å². The Hall–Kier alpha value is -1.82. The molecule has 0 heteroatoms. The first kappa shape index (κ1) is 24.3. The molecule has 0 saturated heterocycles. The van der Waals surface area contributed by atoms with Crippen molar-refractivity contribution < 1.29 is 0 Å². The molecule has 0 radical (unpaired) electrons. The Kier molecular flexibility index (Phi) is 9.27. The highest BCUT2D eigenvalue weighted by atomic mass is 14.3. The molecule has 0 aromatic heterocycles. The van der Waals surface area contributed by atoms with Gasteiger partial charge in [0.2, 0.25) is 0 Å². The monoisotopic (exact) mass is 442 g/mol. The average molecular weight is 443 g/mol. The maximum absolute atomic E-state index is 2.53. The molecule has 33 heavy (non-hydrogen) atoms. The van der Waals surface area contributed by atoms with E-state index in [4.69, 9.17) is 0 Å². The number of rotatable bonds is 10. The highest BCUT2D eigenvalue weighted by Crippen LogP contribution is 2.38. The van der Waals surface area contributed by atoms with Crippen LogP contribution >= 0.6 is 0 Å². The number of unbranched alkanes of at least 4 members (excludes halogenated alkanes) is 3. The molecule has 1 fully saturated rings. The smallest absolute Gasteiger partial charge is 0.0162 e. The van der Waals surface area contributed by atoms with Crippen LogP contribution in [0.25, 0.3) is 16.7 Å². The van der Waals surface area contributed by atoms with Crippen LogP contribution in [0.15, 0.2) is 54.6 Å². The zero-order valence-electron chi connectivity index (χ0n) is 21.3. The van der Waals surface area contributed by atoms with Crippen molar-refractivity contribution in [2.45, 2.75) is 110 Å². The van der Waals surface area contributed by atoms with Crippen molar-refractivity contribution in [3.8, 4) is 11.1 Å². The summed E-state index contributed by atoms with van der Waals surface area (Å²) in [7, 11) is 0.